The van der Waals surface area contributed by atoms with Crippen LogP contribution in [0.15, 0.2) is 54.7 Å². The lowest BCUT2D eigenvalue weighted by molar-refractivity contribution is 0.00102. The third-order valence-corrected chi connectivity index (χ3v) is 5.67. The van der Waals surface area contributed by atoms with E-state index in [1.54, 1.807) is 0 Å². The number of aromatic nitrogens is 1. The van der Waals surface area contributed by atoms with Crippen molar-refractivity contribution in [2.75, 3.05) is 46.1 Å². The highest BCUT2D eigenvalue weighted by molar-refractivity contribution is 5.27. The first-order valence-electron chi connectivity index (χ1n) is 10.0. The fraction of sp³-hybridized carbons (Fsp3) is 0.500. The Hall–Kier alpha value is -1.79. The molecule has 0 unspecified atom stereocenters. The molecule has 2 fully saturated rings. The summed E-state index contributed by atoms with van der Waals surface area (Å²) < 4.78 is 11.3. The van der Waals surface area contributed by atoms with E-state index < -0.39 is 0 Å². The highest BCUT2D eigenvalue weighted by Crippen LogP contribution is 2.24. The molecule has 1 N–H and O–H groups in total. The topological polar surface area (TPSA) is 46.6 Å². The van der Waals surface area contributed by atoms with E-state index in [1.165, 1.54) is 5.56 Å². The van der Waals surface area contributed by atoms with E-state index in [0.717, 1.165) is 58.2 Å². The molecule has 0 bridgehead atoms. The second kappa shape index (κ2) is 9.42. The third-order valence-electron chi connectivity index (χ3n) is 5.67. The van der Waals surface area contributed by atoms with Gasteiger partial charge >= 0.3 is 0 Å². The molecule has 3 heterocycles. The predicted molar refractivity (Wildman–Crippen MR) is 106 cm³/mol. The van der Waals surface area contributed by atoms with Crippen LogP contribution in [-0.4, -0.2) is 62.0 Å². The van der Waals surface area contributed by atoms with Crippen LogP contribution in [0.5, 0.6) is 0 Å². The maximum absolute atomic E-state index is 5.71. The van der Waals surface area contributed by atoms with Crippen LogP contribution in [0.2, 0.25) is 0 Å². The first-order chi connectivity index (χ1) is 13.4. The van der Waals surface area contributed by atoms with Gasteiger partial charge in [-0.25, -0.2) is 0 Å². The molecular formula is C22H29N3O2. The smallest absolute Gasteiger partial charge is 0.0751 e. The van der Waals surface area contributed by atoms with Crippen molar-refractivity contribution in [3.63, 3.8) is 0 Å². The van der Waals surface area contributed by atoms with Crippen LogP contribution >= 0.6 is 0 Å². The zero-order valence-electron chi connectivity index (χ0n) is 15.8. The van der Waals surface area contributed by atoms with Gasteiger partial charge in [0.25, 0.3) is 0 Å². The van der Waals surface area contributed by atoms with E-state index in [-0.39, 0.29) is 6.04 Å². The van der Waals surface area contributed by atoms with Crippen LogP contribution in [0.1, 0.15) is 23.7 Å². The molecule has 0 saturated carbocycles. The van der Waals surface area contributed by atoms with Gasteiger partial charge in [0, 0.05) is 44.4 Å². The Kier molecular flexibility index (Phi) is 6.48. The van der Waals surface area contributed by atoms with Crippen molar-refractivity contribution in [3.05, 3.63) is 66.0 Å². The second-order valence-corrected chi connectivity index (χ2v) is 7.35. The number of nitrogens with one attached hydrogen (secondary N) is 1. The van der Waals surface area contributed by atoms with Gasteiger partial charge in [-0.3, -0.25) is 9.88 Å². The van der Waals surface area contributed by atoms with E-state index in [0.29, 0.717) is 12.0 Å². The number of hydrogen-bond donors (Lipinski definition) is 1. The SMILES string of the molecule is c1ccc([C@H](NC[C@H]([C@@H]2CCOC2)N2CCOCC2)c2ccccn2)cc1. The summed E-state index contributed by atoms with van der Waals surface area (Å²) in [6.07, 6.45) is 3.01. The van der Waals surface area contributed by atoms with Crippen molar-refractivity contribution in [3.8, 4) is 0 Å². The van der Waals surface area contributed by atoms with Gasteiger partial charge < -0.3 is 14.8 Å². The maximum atomic E-state index is 5.71. The molecule has 0 radical (unpaired) electrons. The van der Waals surface area contributed by atoms with Crippen molar-refractivity contribution >= 4 is 0 Å². The van der Waals surface area contributed by atoms with E-state index in [2.05, 4.69) is 57.7 Å². The molecule has 27 heavy (non-hydrogen) atoms. The van der Waals surface area contributed by atoms with Gasteiger partial charge in [-0.1, -0.05) is 36.4 Å². The number of ether oxygens (including phenoxy) is 2. The average Bonchev–Trinajstić information content (AvgIpc) is 3.28. The highest BCUT2D eigenvalue weighted by atomic mass is 16.5. The normalized spacial score (nSPS) is 23.2. The summed E-state index contributed by atoms with van der Waals surface area (Å²) in [5.74, 6) is 0.579. The zero-order chi connectivity index (χ0) is 18.3. The fourth-order valence-corrected chi connectivity index (χ4v) is 4.18. The minimum Gasteiger partial charge on any atom is -0.381 e. The molecule has 1 aromatic carbocycles. The van der Waals surface area contributed by atoms with Crippen molar-refractivity contribution in [2.24, 2.45) is 5.92 Å². The third kappa shape index (κ3) is 4.74. The summed E-state index contributed by atoms with van der Waals surface area (Å²) in [5, 5.41) is 3.83. The highest BCUT2D eigenvalue weighted by Gasteiger charge is 2.32. The number of rotatable bonds is 7. The summed E-state index contributed by atoms with van der Waals surface area (Å²) in [5.41, 5.74) is 2.31. The second-order valence-electron chi connectivity index (χ2n) is 7.35. The molecule has 2 saturated heterocycles. The number of morpholine rings is 1. The summed E-state index contributed by atoms with van der Waals surface area (Å²) in [6.45, 7) is 6.32. The first kappa shape index (κ1) is 18.6. The van der Waals surface area contributed by atoms with Crippen LogP contribution in [0.4, 0.5) is 0 Å². The van der Waals surface area contributed by atoms with Gasteiger partial charge in [-0.15, -0.1) is 0 Å². The Morgan fingerprint density at radius 2 is 1.81 bits per heavy atom. The Balaban J connectivity index is 1.52. The lowest BCUT2D eigenvalue weighted by Crippen LogP contribution is -2.52. The van der Waals surface area contributed by atoms with Crippen LogP contribution < -0.4 is 5.32 Å². The zero-order valence-corrected chi connectivity index (χ0v) is 15.8. The van der Waals surface area contributed by atoms with Gasteiger partial charge in [-0.05, 0) is 24.1 Å². The molecule has 2 aliphatic rings. The summed E-state index contributed by atoms with van der Waals surface area (Å²) in [7, 11) is 0. The first-order valence-corrected chi connectivity index (χ1v) is 10.0. The van der Waals surface area contributed by atoms with Crippen LogP contribution in [0, 0.1) is 5.92 Å². The molecule has 2 aromatic rings. The van der Waals surface area contributed by atoms with Crippen LogP contribution in [0.3, 0.4) is 0 Å². The van der Waals surface area contributed by atoms with E-state index >= 15 is 0 Å². The number of pyridine rings is 1. The molecule has 3 atom stereocenters. The van der Waals surface area contributed by atoms with Crippen molar-refractivity contribution in [2.45, 2.75) is 18.5 Å². The molecule has 144 valence electrons. The molecule has 5 nitrogen and oxygen atoms in total. The Morgan fingerprint density at radius 1 is 1.00 bits per heavy atom. The van der Waals surface area contributed by atoms with Crippen molar-refractivity contribution < 1.29 is 9.47 Å². The van der Waals surface area contributed by atoms with E-state index in [1.807, 2.05) is 12.3 Å². The fourth-order valence-electron chi connectivity index (χ4n) is 4.18. The standard InChI is InChI=1S/C22H29N3O2/c1-2-6-18(7-3-1)22(20-8-4-5-10-23-20)24-16-21(19-9-13-27-17-19)25-11-14-26-15-12-25/h1-8,10,19,21-22,24H,9,11-17H2/t19-,21-,22+/m1/s1. The quantitative estimate of drug-likeness (QED) is 0.815. The molecule has 0 aliphatic carbocycles. The largest absolute Gasteiger partial charge is 0.381 e. The molecule has 0 amide bonds. The maximum Gasteiger partial charge on any atom is 0.0751 e. The lowest BCUT2D eigenvalue weighted by atomic mass is 9.95. The average molecular weight is 367 g/mol. The molecular weight excluding hydrogens is 338 g/mol. The van der Waals surface area contributed by atoms with Crippen LogP contribution in [0.25, 0.3) is 0 Å². The molecule has 1 aromatic heterocycles. The lowest BCUT2D eigenvalue weighted by Gasteiger charge is -2.38. The Bertz CT molecular complexity index is 631. The summed E-state index contributed by atoms with van der Waals surface area (Å²) >= 11 is 0. The minimum atomic E-state index is 0.0956. The number of benzene rings is 1. The van der Waals surface area contributed by atoms with E-state index in [4.69, 9.17) is 9.47 Å². The van der Waals surface area contributed by atoms with Gasteiger partial charge in [0.1, 0.15) is 0 Å². The van der Waals surface area contributed by atoms with Gasteiger partial charge in [0.05, 0.1) is 31.6 Å². The molecule has 5 heteroatoms. The minimum absolute atomic E-state index is 0.0956. The van der Waals surface area contributed by atoms with E-state index in [9.17, 15) is 0 Å². The molecule has 4 rings (SSSR count). The Morgan fingerprint density at radius 3 is 2.52 bits per heavy atom. The van der Waals surface area contributed by atoms with Crippen LogP contribution in [-0.2, 0) is 9.47 Å². The van der Waals surface area contributed by atoms with Gasteiger partial charge in [0.2, 0.25) is 0 Å². The van der Waals surface area contributed by atoms with Gasteiger partial charge in [0.15, 0.2) is 0 Å². The van der Waals surface area contributed by atoms with Gasteiger partial charge in [-0.2, -0.15) is 0 Å². The molecule has 2 aliphatic heterocycles. The van der Waals surface area contributed by atoms with Crippen molar-refractivity contribution in [1.82, 2.24) is 15.2 Å². The van der Waals surface area contributed by atoms with Crippen molar-refractivity contribution in [1.29, 1.82) is 0 Å². The Labute approximate surface area is 161 Å². The predicted octanol–water partition coefficient (Wildman–Crippen LogP) is 2.50. The monoisotopic (exact) mass is 367 g/mol. The number of nitrogens with zero attached hydrogens (tertiary/aromatic N) is 2. The molecule has 0 spiro atoms. The summed E-state index contributed by atoms with van der Waals surface area (Å²) in [4.78, 5) is 7.20. The number of hydrogen-bond acceptors (Lipinski definition) is 5. The summed E-state index contributed by atoms with van der Waals surface area (Å²) in [6, 6.07) is 17.3.